The molecular formula is C10H14N2O2S. The van der Waals surface area contributed by atoms with Gasteiger partial charge in [0, 0.05) is 5.38 Å². The third-order valence-corrected chi connectivity index (χ3v) is 2.43. The normalized spacial score (nSPS) is 10.1. The average molecular weight is 226 g/mol. The van der Waals surface area contributed by atoms with Crippen molar-refractivity contribution in [2.45, 2.75) is 19.8 Å². The third kappa shape index (κ3) is 3.71. The van der Waals surface area contributed by atoms with Crippen molar-refractivity contribution >= 4 is 22.6 Å². The number of hydrogen-bond acceptors (Lipinski definition) is 4. The zero-order chi connectivity index (χ0) is 11.3. The minimum Gasteiger partial charge on any atom is -0.445 e. The molecule has 0 aliphatic carbocycles. The van der Waals surface area contributed by atoms with Crippen LogP contribution in [0.2, 0.25) is 0 Å². The quantitative estimate of drug-likeness (QED) is 0.803. The highest BCUT2D eigenvalue weighted by atomic mass is 32.1. The molecule has 1 amide bonds. The molecule has 0 aliphatic heterocycles. The van der Waals surface area contributed by atoms with Gasteiger partial charge in [-0.15, -0.1) is 11.3 Å². The Morgan fingerprint density at radius 1 is 1.80 bits per heavy atom. The second-order valence-corrected chi connectivity index (χ2v) is 4.10. The molecule has 4 nitrogen and oxygen atoms in total. The number of carbonyl (C=O) groups excluding carboxylic acids is 1. The van der Waals surface area contributed by atoms with Gasteiger partial charge in [-0.1, -0.05) is 26.5 Å². The number of hydrogen-bond donors (Lipinski definition) is 1. The van der Waals surface area contributed by atoms with Crippen LogP contribution in [0.3, 0.4) is 0 Å². The van der Waals surface area contributed by atoms with Gasteiger partial charge in [-0.2, -0.15) is 0 Å². The Labute approximate surface area is 93.0 Å². The first kappa shape index (κ1) is 11.7. The van der Waals surface area contributed by atoms with Crippen molar-refractivity contribution in [3.05, 3.63) is 23.7 Å². The fourth-order valence-corrected chi connectivity index (χ4v) is 1.72. The first-order valence-corrected chi connectivity index (χ1v) is 5.51. The van der Waals surface area contributed by atoms with E-state index in [9.17, 15) is 4.79 Å². The molecule has 15 heavy (non-hydrogen) atoms. The Hall–Kier alpha value is -1.36. The second-order valence-electron chi connectivity index (χ2n) is 3.24. The molecule has 1 aromatic rings. The molecule has 0 radical (unpaired) electrons. The van der Waals surface area contributed by atoms with E-state index in [4.69, 9.17) is 4.74 Å². The Morgan fingerprint density at radius 3 is 3.07 bits per heavy atom. The van der Waals surface area contributed by atoms with E-state index in [1.165, 1.54) is 17.4 Å². The predicted molar refractivity (Wildman–Crippen MR) is 61.4 cm³/mol. The van der Waals surface area contributed by atoms with Gasteiger partial charge in [0.1, 0.15) is 6.61 Å². The Kier molecular flexibility index (Phi) is 4.30. The third-order valence-electron chi connectivity index (χ3n) is 1.65. The van der Waals surface area contributed by atoms with Crippen LogP contribution in [-0.4, -0.2) is 17.7 Å². The predicted octanol–water partition coefficient (Wildman–Crippen LogP) is 3.00. The number of ether oxygens (including phenoxy) is 1. The summed E-state index contributed by atoms with van der Waals surface area (Å²) >= 11 is 1.39. The highest BCUT2D eigenvalue weighted by Crippen LogP contribution is 2.21. The highest BCUT2D eigenvalue weighted by molar-refractivity contribution is 7.13. The molecule has 0 aliphatic rings. The molecule has 0 saturated heterocycles. The van der Waals surface area contributed by atoms with Crippen LogP contribution >= 0.6 is 11.3 Å². The summed E-state index contributed by atoms with van der Waals surface area (Å²) in [5, 5.41) is 5.04. The van der Waals surface area contributed by atoms with E-state index >= 15 is 0 Å². The average Bonchev–Trinajstić information content (AvgIpc) is 2.63. The molecule has 0 saturated carbocycles. The van der Waals surface area contributed by atoms with Crippen LogP contribution in [0.5, 0.6) is 0 Å². The molecule has 82 valence electrons. The van der Waals surface area contributed by atoms with Gasteiger partial charge in [0.15, 0.2) is 5.13 Å². The Bertz CT molecular complexity index is 347. The van der Waals surface area contributed by atoms with Crippen LogP contribution in [0.1, 0.15) is 25.5 Å². The van der Waals surface area contributed by atoms with Gasteiger partial charge in [-0.05, 0) is 5.92 Å². The van der Waals surface area contributed by atoms with Gasteiger partial charge in [-0.25, -0.2) is 9.78 Å². The number of amides is 1. The SMILES string of the molecule is C=CCOC(=O)Nc1nc(C(C)C)cs1. The fourth-order valence-electron chi connectivity index (χ4n) is 0.867. The number of thiazole rings is 1. The lowest BCUT2D eigenvalue weighted by Gasteiger charge is -2.01. The van der Waals surface area contributed by atoms with Crippen LogP contribution in [0, 0.1) is 0 Å². The van der Waals surface area contributed by atoms with E-state index in [0.717, 1.165) is 5.69 Å². The maximum Gasteiger partial charge on any atom is 0.413 e. The number of anilines is 1. The summed E-state index contributed by atoms with van der Waals surface area (Å²) in [6, 6.07) is 0. The lowest BCUT2D eigenvalue weighted by Crippen LogP contribution is -2.13. The van der Waals surface area contributed by atoms with Crippen molar-refractivity contribution in [2.75, 3.05) is 11.9 Å². The van der Waals surface area contributed by atoms with Crippen molar-refractivity contribution in [2.24, 2.45) is 0 Å². The molecule has 0 unspecified atom stereocenters. The van der Waals surface area contributed by atoms with E-state index in [0.29, 0.717) is 11.0 Å². The van der Waals surface area contributed by atoms with Crippen LogP contribution in [0.25, 0.3) is 0 Å². The minimum atomic E-state index is -0.500. The summed E-state index contributed by atoms with van der Waals surface area (Å²) in [4.78, 5) is 15.4. The summed E-state index contributed by atoms with van der Waals surface area (Å²) in [6.45, 7) is 7.75. The van der Waals surface area contributed by atoms with Gasteiger partial charge in [0.2, 0.25) is 0 Å². The Balaban J connectivity index is 2.49. The molecule has 0 spiro atoms. The summed E-state index contributed by atoms with van der Waals surface area (Å²) < 4.78 is 4.76. The standard InChI is InChI=1S/C10H14N2O2S/c1-4-5-14-10(13)12-9-11-8(6-15-9)7(2)3/h4,6-7H,1,5H2,2-3H3,(H,11,12,13). The second kappa shape index (κ2) is 5.50. The van der Waals surface area contributed by atoms with Crippen molar-refractivity contribution in [3.8, 4) is 0 Å². The Morgan fingerprint density at radius 2 is 2.53 bits per heavy atom. The maximum absolute atomic E-state index is 11.1. The molecule has 1 aromatic heterocycles. The summed E-state index contributed by atoms with van der Waals surface area (Å²) in [5.41, 5.74) is 0.971. The van der Waals surface area contributed by atoms with Crippen LogP contribution < -0.4 is 5.32 Å². The molecule has 1 heterocycles. The number of nitrogens with one attached hydrogen (secondary N) is 1. The van der Waals surface area contributed by atoms with Crippen molar-refractivity contribution < 1.29 is 9.53 Å². The zero-order valence-corrected chi connectivity index (χ0v) is 9.63. The van der Waals surface area contributed by atoms with Crippen molar-refractivity contribution in [3.63, 3.8) is 0 Å². The number of aromatic nitrogens is 1. The summed E-state index contributed by atoms with van der Waals surface area (Å²) in [6.07, 6.45) is 1.01. The van der Waals surface area contributed by atoms with E-state index in [-0.39, 0.29) is 6.61 Å². The number of nitrogens with zero attached hydrogens (tertiary/aromatic N) is 1. The molecule has 1 rings (SSSR count). The highest BCUT2D eigenvalue weighted by Gasteiger charge is 2.08. The first-order chi connectivity index (χ1) is 7.13. The summed E-state index contributed by atoms with van der Waals surface area (Å²) in [5.74, 6) is 0.362. The maximum atomic E-state index is 11.1. The van der Waals surface area contributed by atoms with Gasteiger partial charge in [-0.3, -0.25) is 5.32 Å². The van der Waals surface area contributed by atoms with E-state index < -0.39 is 6.09 Å². The molecule has 1 N–H and O–H groups in total. The van der Waals surface area contributed by atoms with Gasteiger partial charge in [0.05, 0.1) is 5.69 Å². The lowest BCUT2D eigenvalue weighted by molar-refractivity contribution is 0.174. The van der Waals surface area contributed by atoms with E-state index in [1.807, 2.05) is 5.38 Å². The van der Waals surface area contributed by atoms with Crippen molar-refractivity contribution in [1.29, 1.82) is 0 Å². The lowest BCUT2D eigenvalue weighted by atomic mass is 10.2. The molecular weight excluding hydrogens is 212 g/mol. The van der Waals surface area contributed by atoms with E-state index in [1.54, 1.807) is 0 Å². The molecule has 0 bridgehead atoms. The number of carbonyl (C=O) groups is 1. The molecule has 0 atom stereocenters. The smallest absolute Gasteiger partial charge is 0.413 e. The largest absolute Gasteiger partial charge is 0.445 e. The molecule has 5 heteroatoms. The van der Waals surface area contributed by atoms with Gasteiger partial charge >= 0.3 is 6.09 Å². The van der Waals surface area contributed by atoms with Crippen LogP contribution in [0.4, 0.5) is 9.93 Å². The molecule has 0 aromatic carbocycles. The monoisotopic (exact) mass is 226 g/mol. The van der Waals surface area contributed by atoms with E-state index in [2.05, 4.69) is 30.7 Å². The van der Waals surface area contributed by atoms with Crippen LogP contribution in [0.15, 0.2) is 18.0 Å². The zero-order valence-electron chi connectivity index (χ0n) is 8.82. The van der Waals surface area contributed by atoms with Crippen molar-refractivity contribution in [1.82, 2.24) is 4.98 Å². The van der Waals surface area contributed by atoms with Gasteiger partial charge in [0.25, 0.3) is 0 Å². The van der Waals surface area contributed by atoms with Gasteiger partial charge < -0.3 is 4.74 Å². The first-order valence-electron chi connectivity index (χ1n) is 4.63. The fraction of sp³-hybridized carbons (Fsp3) is 0.400. The van der Waals surface area contributed by atoms with Crippen LogP contribution in [-0.2, 0) is 4.74 Å². The topological polar surface area (TPSA) is 51.2 Å². The minimum absolute atomic E-state index is 0.203. The number of rotatable bonds is 4. The molecule has 0 fully saturated rings. The summed E-state index contributed by atoms with van der Waals surface area (Å²) in [7, 11) is 0.